The van der Waals surface area contributed by atoms with Crippen LogP contribution in [0.5, 0.6) is 0 Å². The Bertz CT molecular complexity index is 91.6. The van der Waals surface area contributed by atoms with Crippen molar-refractivity contribution in [1.29, 1.82) is 0 Å². The molecule has 1 saturated heterocycles. The minimum Gasteiger partial charge on any atom is -0.380 e. The van der Waals surface area contributed by atoms with Gasteiger partial charge in [-0.25, -0.2) is 0 Å². The Morgan fingerprint density at radius 2 is 2.22 bits per heavy atom. The summed E-state index contributed by atoms with van der Waals surface area (Å²) in [4.78, 5) is 0. The number of ether oxygens (including phenoxy) is 1. The highest BCUT2D eigenvalue weighted by Gasteiger charge is 2.39. The van der Waals surface area contributed by atoms with Crippen molar-refractivity contribution in [3.8, 4) is 0 Å². The molecule has 1 aliphatic rings. The van der Waals surface area contributed by atoms with Gasteiger partial charge in [0.1, 0.15) is 0 Å². The third kappa shape index (κ3) is 0.970. The van der Waals surface area contributed by atoms with Gasteiger partial charge in [-0.05, 0) is 13.3 Å². The molecule has 1 atom stereocenters. The molecule has 1 unspecified atom stereocenters. The van der Waals surface area contributed by atoms with E-state index in [0.29, 0.717) is 5.41 Å². The predicted octanol–water partition coefficient (Wildman–Crippen LogP) is 0.760. The fraction of sp³-hybridized carbons (Fsp3) is 1.00. The Morgan fingerprint density at radius 3 is 2.22 bits per heavy atom. The second-order valence-corrected chi connectivity index (χ2v) is 3.00. The van der Waals surface area contributed by atoms with Crippen LogP contribution in [0.3, 0.4) is 0 Å². The van der Waals surface area contributed by atoms with E-state index in [4.69, 9.17) is 10.5 Å². The van der Waals surface area contributed by atoms with Gasteiger partial charge in [0.15, 0.2) is 0 Å². The fourth-order valence-corrected chi connectivity index (χ4v) is 1.15. The van der Waals surface area contributed by atoms with Crippen LogP contribution >= 0.6 is 0 Å². The zero-order valence-corrected chi connectivity index (χ0v) is 6.18. The molecule has 2 N–H and O–H groups in total. The van der Waals surface area contributed by atoms with Gasteiger partial charge in [-0.2, -0.15) is 0 Å². The summed E-state index contributed by atoms with van der Waals surface area (Å²) in [5.41, 5.74) is 6.08. The highest BCUT2D eigenvalue weighted by Crippen LogP contribution is 2.33. The molecule has 2 nitrogen and oxygen atoms in total. The zero-order valence-electron chi connectivity index (χ0n) is 6.18. The first-order valence-electron chi connectivity index (χ1n) is 3.54. The number of hydrogen-bond acceptors (Lipinski definition) is 2. The SMILES string of the molecule is CCC1(C(C)N)COC1. The fourth-order valence-electron chi connectivity index (χ4n) is 1.15. The number of hydrogen-bond donors (Lipinski definition) is 1. The first-order chi connectivity index (χ1) is 4.21. The van der Waals surface area contributed by atoms with Crippen molar-refractivity contribution in [3.63, 3.8) is 0 Å². The second-order valence-electron chi connectivity index (χ2n) is 3.00. The minimum atomic E-state index is 0.288. The van der Waals surface area contributed by atoms with Crippen LogP contribution in [0.4, 0.5) is 0 Å². The molecular weight excluding hydrogens is 114 g/mol. The molecule has 0 aliphatic carbocycles. The van der Waals surface area contributed by atoms with Crippen LogP contribution in [0.25, 0.3) is 0 Å². The molecule has 2 heteroatoms. The predicted molar refractivity (Wildman–Crippen MR) is 37.2 cm³/mol. The van der Waals surface area contributed by atoms with Gasteiger partial charge in [-0.3, -0.25) is 0 Å². The molecule has 1 aliphatic heterocycles. The Kier molecular flexibility index (Phi) is 1.78. The first kappa shape index (κ1) is 7.03. The topological polar surface area (TPSA) is 35.2 Å². The van der Waals surface area contributed by atoms with Crippen molar-refractivity contribution in [1.82, 2.24) is 0 Å². The minimum absolute atomic E-state index is 0.288. The molecule has 0 aromatic rings. The lowest BCUT2D eigenvalue weighted by Gasteiger charge is -2.43. The standard InChI is InChI=1S/C7H15NO/c1-3-7(6(2)8)4-9-5-7/h6H,3-5,8H2,1-2H3. The highest BCUT2D eigenvalue weighted by molar-refractivity contribution is 4.90. The summed E-state index contributed by atoms with van der Waals surface area (Å²) in [5.74, 6) is 0. The van der Waals surface area contributed by atoms with E-state index in [-0.39, 0.29) is 6.04 Å². The summed E-state index contributed by atoms with van der Waals surface area (Å²) >= 11 is 0. The van der Waals surface area contributed by atoms with Crippen molar-refractivity contribution in [2.45, 2.75) is 26.3 Å². The third-order valence-electron chi connectivity index (χ3n) is 2.45. The maximum Gasteiger partial charge on any atom is 0.0559 e. The molecule has 9 heavy (non-hydrogen) atoms. The Hall–Kier alpha value is -0.0800. The van der Waals surface area contributed by atoms with Gasteiger partial charge >= 0.3 is 0 Å². The normalized spacial score (nSPS) is 27.0. The smallest absolute Gasteiger partial charge is 0.0559 e. The Labute approximate surface area is 56.4 Å². The van der Waals surface area contributed by atoms with Crippen LogP contribution < -0.4 is 5.73 Å². The molecule has 54 valence electrons. The second kappa shape index (κ2) is 2.27. The van der Waals surface area contributed by atoms with E-state index >= 15 is 0 Å². The lowest BCUT2D eigenvalue weighted by atomic mass is 9.77. The van der Waals surface area contributed by atoms with Crippen LogP contribution in [-0.2, 0) is 4.74 Å². The van der Waals surface area contributed by atoms with E-state index < -0.39 is 0 Å². The summed E-state index contributed by atoms with van der Waals surface area (Å²) < 4.78 is 5.11. The lowest BCUT2D eigenvalue weighted by Crippen LogP contribution is -2.53. The maximum absolute atomic E-state index is 5.76. The van der Waals surface area contributed by atoms with Gasteiger partial charge in [0, 0.05) is 11.5 Å². The molecule has 1 heterocycles. The number of nitrogens with two attached hydrogens (primary N) is 1. The molecule has 0 amide bonds. The van der Waals surface area contributed by atoms with E-state index in [1.807, 2.05) is 0 Å². The quantitative estimate of drug-likeness (QED) is 0.597. The van der Waals surface area contributed by atoms with E-state index in [9.17, 15) is 0 Å². The molecule has 0 spiro atoms. The van der Waals surface area contributed by atoms with Crippen LogP contribution in [0, 0.1) is 5.41 Å². The average molecular weight is 129 g/mol. The molecular formula is C7H15NO. The molecule has 1 rings (SSSR count). The third-order valence-corrected chi connectivity index (χ3v) is 2.45. The molecule has 0 radical (unpaired) electrons. The van der Waals surface area contributed by atoms with Gasteiger partial charge < -0.3 is 10.5 Å². The van der Waals surface area contributed by atoms with Gasteiger partial charge in [-0.1, -0.05) is 6.92 Å². The van der Waals surface area contributed by atoms with Crippen molar-refractivity contribution in [3.05, 3.63) is 0 Å². The van der Waals surface area contributed by atoms with Crippen LogP contribution in [0.1, 0.15) is 20.3 Å². The molecule has 0 aromatic heterocycles. The van der Waals surface area contributed by atoms with Crippen molar-refractivity contribution in [2.24, 2.45) is 11.1 Å². The first-order valence-corrected chi connectivity index (χ1v) is 3.54. The maximum atomic E-state index is 5.76. The van der Waals surface area contributed by atoms with Crippen LogP contribution in [-0.4, -0.2) is 19.3 Å². The van der Waals surface area contributed by atoms with Gasteiger partial charge in [0.2, 0.25) is 0 Å². The Balaban J connectivity index is 2.46. The summed E-state index contributed by atoms with van der Waals surface area (Å²) in [6, 6.07) is 0.288. The Morgan fingerprint density at radius 1 is 1.67 bits per heavy atom. The summed E-state index contributed by atoms with van der Waals surface area (Å²) in [7, 11) is 0. The van der Waals surface area contributed by atoms with E-state index in [1.54, 1.807) is 0 Å². The van der Waals surface area contributed by atoms with E-state index in [1.165, 1.54) is 0 Å². The molecule has 0 aromatic carbocycles. The molecule has 0 bridgehead atoms. The lowest BCUT2D eigenvalue weighted by molar-refractivity contribution is -0.125. The van der Waals surface area contributed by atoms with Gasteiger partial charge in [0.25, 0.3) is 0 Å². The van der Waals surface area contributed by atoms with Crippen molar-refractivity contribution >= 4 is 0 Å². The monoisotopic (exact) mass is 129 g/mol. The van der Waals surface area contributed by atoms with E-state index in [0.717, 1.165) is 19.6 Å². The highest BCUT2D eigenvalue weighted by atomic mass is 16.5. The van der Waals surface area contributed by atoms with Gasteiger partial charge in [0.05, 0.1) is 13.2 Å². The van der Waals surface area contributed by atoms with Crippen molar-refractivity contribution < 1.29 is 4.74 Å². The summed E-state index contributed by atoms with van der Waals surface area (Å²) in [6.45, 7) is 5.96. The average Bonchev–Trinajstić information content (AvgIpc) is 1.62. The zero-order chi connectivity index (χ0) is 6.91. The van der Waals surface area contributed by atoms with Crippen LogP contribution in [0.15, 0.2) is 0 Å². The van der Waals surface area contributed by atoms with Gasteiger partial charge in [-0.15, -0.1) is 0 Å². The number of rotatable bonds is 2. The van der Waals surface area contributed by atoms with Crippen molar-refractivity contribution in [2.75, 3.05) is 13.2 Å². The summed E-state index contributed by atoms with van der Waals surface area (Å²) in [6.07, 6.45) is 1.14. The van der Waals surface area contributed by atoms with E-state index in [2.05, 4.69) is 13.8 Å². The molecule has 0 saturated carbocycles. The summed E-state index contributed by atoms with van der Waals surface area (Å²) in [5, 5.41) is 0. The van der Waals surface area contributed by atoms with Crippen LogP contribution in [0.2, 0.25) is 0 Å². The largest absolute Gasteiger partial charge is 0.380 e. The molecule has 1 fully saturated rings.